The Labute approximate surface area is 125 Å². The topological polar surface area (TPSA) is 70.1 Å². The Bertz CT molecular complexity index is 428. The predicted molar refractivity (Wildman–Crippen MR) is 76.0 cm³/mol. The average molecular weight is 296 g/mol. The summed E-state index contributed by atoms with van der Waals surface area (Å²) in [5, 5.41) is 9.51. The van der Waals surface area contributed by atoms with Gasteiger partial charge >= 0.3 is 12.0 Å². The van der Waals surface area contributed by atoms with Gasteiger partial charge < -0.3 is 19.6 Å². The van der Waals surface area contributed by atoms with Gasteiger partial charge in [-0.15, -0.1) is 0 Å². The molecule has 2 aliphatic heterocycles. The van der Waals surface area contributed by atoms with E-state index in [9.17, 15) is 14.7 Å². The molecule has 2 amide bonds. The number of fused-ring (bicyclic) bond motifs is 1. The number of carbonyl (C=O) groups is 2. The fourth-order valence-corrected chi connectivity index (χ4v) is 4.12. The van der Waals surface area contributed by atoms with Crippen LogP contribution >= 0.6 is 0 Å². The van der Waals surface area contributed by atoms with Crippen molar-refractivity contribution < 1.29 is 19.4 Å². The van der Waals surface area contributed by atoms with E-state index < -0.39 is 12.0 Å². The molecule has 0 aromatic heterocycles. The van der Waals surface area contributed by atoms with Gasteiger partial charge in [0, 0.05) is 12.6 Å². The summed E-state index contributed by atoms with van der Waals surface area (Å²) in [6.45, 7) is 3.59. The van der Waals surface area contributed by atoms with Crippen LogP contribution in [0.4, 0.5) is 4.79 Å². The lowest BCUT2D eigenvalue weighted by Gasteiger charge is -2.40. The minimum absolute atomic E-state index is 0.0170. The van der Waals surface area contributed by atoms with E-state index in [-0.39, 0.29) is 18.1 Å². The van der Waals surface area contributed by atoms with Crippen LogP contribution in [0.3, 0.4) is 0 Å². The average Bonchev–Trinajstić information content (AvgIpc) is 2.86. The number of urea groups is 1. The van der Waals surface area contributed by atoms with Crippen molar-refractivity contribution in [2.75, 3.05) is 19.8 Å². The summed E-state index contributed by atoms with van der Waals surface area (Å²) < 4.78 is 5.38. The number of hydrogen-bond donors (Lipinski definition) is 1. The molecule has 1 aliphatic carbocycles. The van der Waals surface area contributed by atoms with Gasteiger partial charge in [-0.1, -0.05) is 12.8 Å². The van der Waals surface area contributed by atoms with Gasteiger partial charge in [0.15, 0.2) is 0 Å². The van der Waals surface area contributed by atoms with Gasteiger partial charge in [-0.2, -0.15) is 0 Å². The summed E-state index contributed by atoms with van der Waals surface area (Å²) in [7, 11) is 0. The first-order chi connectivity index (χ1) is 10.1. The summed E-state index contributed by atoms with van der Waals surface area (Å²) in [6.07, 6.45) is 4.86. The number of aliphatic carboxylic acids is 1. The lowest BCUT2D eigenvalue weighted by Crippen LogP contribution is -2.57. The van der Waals surface area contributed by atoms with E-state index in [2.05, 4.69) is 0 Å². The summed E-state index contributed by atoms with van der Waals surface area (Å²) in [4.78, 5) is 28.0. The van der Waals surface area contributed by atoms with E-state index in [1.165, 1.54) is 0 Å². The van der Waals surface area contributed by atoms with Crippen LogP contribution in [-0.4, -0.2) is 64.8 Å². The van der Waals surface area contributed by atoms with Crippen molar-refractivity contribution in [2.45, 2.75) is 57.2 Å². The van der Waals surface area contributed by atoms with Gasteiger partial charge in [0.25, 0.3) is 0 Å². The third kappa shape index (κ3) is 2.61. The Morgan fingerprint density at radius 2 is 2.00 bits per heavy atom. The Morgan fingerprint density at radius 3 is 2.71 bits per heavy atom. The summed E-state index contributed by atoms with van der Waals surface area (Å²) in [5.74, 6) is -0.501. The van der Waals surface area contributed by atoms with E-state index >= 15 is 0 Å². The van der Waals surface area contributed by atoms with Gasteiger partial charge in [-0.25, -0.2) is 9.59 Å². The molecule has 6 nitrogen and oxygen atoms in total. The highest BCUT2D eigenvalue weighted by atomic mass is 16.5. The largest absolute Gasteiger partial charge is 0.480 e. The van der Waals surface area contributed by atoms with Gasteiger partial charge in [0.1, 0.15) is 6.04 Å². The van der Waals surface area contributed by atoms with Crippen molar-refractivity contribution in [3.8, 4) is 0 Å². The van der Waals surface area contributed by atoms with Crippen LogP contribution in [0.25, 0.3) is 0 Å². The Hall–Kier alpha value is -1.30. The molecule has 1 saturated carbocycles. The van der Waals surface area contributed by atoms with Crippen molar-refractivity contribution in [1.29, 1.82) is 0 Å². The van der Waals surface area contributed by atoms with Crippen LogP contribution < -0.4 is 0 Å². The molecule has 3 rings (SSSR count). The fourth-order valence-electron chi connectivity index (χ4n) is 4.12. The third-order valence-electron chi connectivity index (χ3n) is 5.21. The zero-order chi connectivity index (χ0) is 15.0. The molecule has 118 valence electrons. The van der Waals surface area contributed by atoms with Crippen LogP contribution in [0.5, 0.6) is 0 Å². The lowest BCUT2D eigenvalue weighted by atomic mass is 9.85. The Balaban J connectivity index is 1.82. The maximum Gasteiger partial charge on any atom is 0.326 e. The molecule has 0 bridgehead atoms. The molecule has 0 aromatic rings. The number of likely N-dealkylation sites (tertiary alicyclic amines) is 1. The number of nitrogens with zero attached hydrogens (tertiary/aromatic N) is 2. The fraction of sp³-hybridized carbons (Fsp3) is 0.867. The van der Waals surface area contributed by atoms with Gasteiger partial charge in [-0.3, -0.25) is 0 Å². The van der Waals surface area contributed by atoms with E-state index in [0.717, 1.165) is 25.7 Å². The molecule has 2 saturated heterocycles. The SMILES string of the molecule is CC1COCCN1C(=O)N1C(C(=O)O)CC2CCCCC21. The van der Waals surface area contributed by atoms with E-state index in [1.807, 2.05) is 6.92 Å². The Morgan fingerprint density at radius 1 is 1.24 bits per heavy atom. The summed E-state index contributed by atoms with van der Waals surface area (Å²) in [6, 6.07) is -0.626. The molecule has 1 N–H and O–H groups in total. The maximum atomic E-state index is 12.9. The monoisotopic (exact) mass is 296 g/mol. The van der Waals surface area contributed by atoms with Crippen molar-refractivity contribution in [2.24, 2.45) is 5.92 Å². The number of hydrogen-bond acceptors (Lipinski definition) is 3. The van der Waals surface area contributed by atoms with E-state index in [1.54, 1.807) is 9.80 Å². The molecule has 3 aliphatic rings. The first-order valence-corrected chi connectivity index (χ1v) is 7.99. The Kier molecular flexibility index (Phi) is 4.06. The molecule has 0 spiro atoms. The summed E-state index contributed by atoms with van der Waals surface area (Å²) >= 11 is 0. The second-order valence-electron chi connectivity index (χ2n) is 6.51. The number of morpholine rings is 1. The quantitative estimate of drug-likeness (QED) is 0.797. The molecule has 6 heteroatoms. The maximum absolute atomic E-state index is 12.9. The number of carbonyl (C=O) groups excluding carboxylic acids is 1. The number of carboxylic acid groups (broad SMARTS) is 1. The van der Waals surface area contributed by atoms with E-state index in [4.69, 9.17) is 4.74 Å². The lowest BCUT2D eigenvalue weighted by molar-refractivity contribution is -0.142. The van der Waals surface area contributed by atoms with Crippen molar-refractivity contribution in [1.82, 2.24) is 9.80 Å². The third-order valence-corrected chi connectivity index (χ3v) is 5.21. The van der Waals surface area contributed by atoms with Crippen LogP contribution in [0.2, 0.25) is 0 Å². The van der Waals surface area contributed by atoms with Crippen LogP contribution in [0.1, 0.15) is 39.0 Å². The normalized spacial score (nSPS) is 36.4. The number of rotatable bonds is 1. The van der Waals surface area contributed by atoms with Gasteiger partial charge in [0.2, 0.25) is 0 Å². The molecule has 0 radical (unpaired) electrons. The second-order valence-corrected chi connectivity index (χ2v) is 6.51. The van der Waals surface area contributed by atoms with Crippen LogP contribution in [0, 0.1) is 5.92 Å². The first-order valence-electron chi connectivity index (χ1n) is 7.99. The highest BCUT2D eigenvalue weighted by Crippen LogP contribution is 2.40. The number of carboxylic acids is 1. The minimum Gasteiger partial charge on any atom is -0.480 e. The standard InChI is InChI=1S/C15H24N2O4/c1-10-9-21-7-6-16(10)15(20)17-12-5-3-2-4-11(12)8-13(17)14(18)19/h10-13H,2-9H2,1H3,(H,18,19). The molecular formula is C15H24N2O4. The van der Waals surface area contributed by atoms with E-state index in [0.29, 0.717) is 32.1 Å². The smallest absolute Gasteiger partial charge is 0.326 e. The molecule has 2 heterocycles. The highest BCUT2D eigenvalue weighted by Gasteiger charge is 2.49. The second kappa shape index (κ2) is 5.83. The number of ether oxygens (including phenoxy) is 1. The van der Waals surface area contributed by atoms with Gasteiger partial charge in [-0.05, 0) is 32.1 Å². The molecular weight excluding hydrogens is 272 g/mol. The molecule has 4 atom stereocenters. The highest BCUT2D eigenvalue weighted by molar-refractivity contribution is 5.84. The summed E-state index contributed by atoms with van der Waals surface area (Å²) in [5.41, 5.74) is 0. The predicted octanol–water partition coefficient (Wildman–Crippen LogP) is 1.54. The molecule has 3 fully saturated rings. The zero-order valence-electron chi connectivity index (χ0n) is 12.5. The molecule has 4 unspecified atom stereocenters. The van der Waals surface area contributed by atoms with Gasteiger partial charge in [0.05, 0.1) is 19.3 Å². The van der Waals surface area contributed by atoms with Crippen LogP contribution in [0.15, 0.2) is 0 Å². The molecule has 0 aromatic carbocycles. The zero-order valence-corrected chi connectivity index (χ0v) is 12.5. The minimum atomic E-state index is -0.862. The first kappa shape index (κ1) is 14.6. The van der Waals surface area contributed by atoms with Crippen LogP contribution in [-0.2, 0) is 9.53 Å². The van der Waals surface area contributed by atoms with Crippen molar-refractivity contribution in [3.63, 3.8) is 0 Å². The van der Waals surface area contributed by atoms with Crippen molar-refractivity contribution >= 4 is 12.0 Å². The van der Waals surface area contributed by atoms with Crippen molar-refractivity contribution in [3.05, 3.63) is 0 Å². The number of amides is 2. The molecule has 21 heavy (non-hydrogen) atoms.